The number of pyridine rings is 1. The zero-order chi connectivity index (χ0) is 12.5. The molecule has 0 aliphatic carbocycles. The second-order valence-corrected chi connectivity index (χ2v) is 4.72. The van der Waals surface area contributed by atoms with E-state index in [0.29, 0.717) is 6.04 Å². The molecule has 0 bridgehead atoms. The van der Waals surface area contributed by atoms with Crippen LogP contribution in [0.2, 0.25) is 0 Å². The van der Waals surface area contributed by atoms with E-state index in [2.05, 4.69) is 17.2 Å². The summed E-state index contributed by atoms with van der Waals surface area (Å²) in [6, 6.07) is 8.17. The van der Waals surface area contributed by atoms with Crippen LogP contribution in [0, 0.1) is 0 Å². The van der Waals surface area contributed by atoms with Gasteiger partial charge >= 0.3 is 0 Å². The van der Waals surface area contributed by atoms with Crippen LogP contribution < -0.4 is 11.1 Å². The Balaban J connectivity index is 1.99. The Morgan fingerprint density at radius 2 is 2.28 bits per heavy atom. The van der Waals surface area contributed by atoms with E-state index < -0.39 is 0 Å². The first-order chi connectivity index (χ1) is 8.75. The lowest BCUT2D eigenvalue weighted by Crippen LogP contribution is -2.26. The van der Waals surface area contributed by atoms with Gasteiger partial charge in [-0.2, -0.15) is 0 Å². The van der Waals surface area contributed by atoms with Crippen molar-refractivity contribution in [1.82, 2.24) is 4.98 Å². The van der Waals surface area contributed by atoms with Gasteiger partial charge in [-0.25, -0.2) is 0 Å². The summed E-state index contributed by atoms with van der Waals surface area (Å²) in [7, 11) is 0. The highest BCUT2D eigenvalue weighted by Gasteiger charge is 2.24. The van der Waals surface area contributed by atoms with Crippen LogP contribution >= 0.6 is 0 Å². The first-order valence-electron chi connectivity index (χ1n) is 6.27. The number of nitrogen functional groups attached to an aromatic ring is 1. The first kappa shape index (κ1) is 11.3. The molecule has 4 nitrogen and oxygen atoms in total. The van der Waals surface area contributed by atoms with Crippen LogP contribution in [0.3, 0.4) is 0 Å². The minimum Gasteiger partial charge on any atom is -0.398 e. The van der Waals surface area contributed by atoms with E-state index in [1.165, 1.54) is 0 Å². The maximum atomic E-state index is 5.97. The number of hydrogen-bond acceptors (Lipinski definition) is 4. The number of nitrogens with one attached hydrogen (secondary N) is 1. The third kappa shape index (κ3) is 1.88. The fourth-order valence-electron chi connectivity index (χ4n) is 2.43. The molecule has 1 saturated heterocycles. The SMILES string of the molecule is CC1OCCC1Nc1ccc(N)c2cccnc12. The first-order valence-corrected chi connectivity index (χ1v) is 6.27. The molecular weight excluding hydrogens is 226 g/mol. The van der Waals surface area contributed by atoms with Gasteiger partial charge in [0, 0.05) is 23.9 Å². The molecule has 1 aliphatic rings. The lowest BCUT2D eigenvalue weighted by atomic mass is 10.1. The maximum absolute atomic E-state index is 5.97. The Kier molecular flexibility index (Phi) is 2.80. The average molecular weight is 243 g/mol. The van der Waals surface area contributed by atoms with Crippen LogP contribution in [0.1, 0.15) is 13.3 Å². The van der Waals surface area contributed by atoms with Crippen molar-refractivity contribution in [2.75, 3.05) is 17.7 Å². The molecule has 2 unspecified atom stereocenters. The predicted molar refractivity (Wildman–Crippen MR) is 73.6 cm³/mol. The van der Waals surface area contributed by atoms with Crippen molar-refractivity contribution in [3.8, 4) is 0 Å². The normalized spacial score (nSPS) is 23.4. The number of rotatable bonds is 2. The van der Waals surface area contributed by atoms with E-state index in [0.717, 1.165) is 35.3 Å². The number of nitrogens with zero attached hydrogens (tertiary/aromatic N) is 1. The lowest BCUT2D eigenvalue weighted by molar-refractivity contribution is 0.121. The minimum atomic E-state index is 0.237. The highest BCUT2D eigenvalue weighted by molar-refractivity contribution is 5.98. The van der Waals surface area contributed by atoms with Crippen molar-refractivity contribution in [1.29, 1.82) is 0 Å². The molecule has 0 spiro atoms. The monoisotopic (exact) mass is 243 g/mol. The van der Waals surface area contributed by atoms with Crippen LogP contribution in [0.25, 0.3) is 10.9 Å². The van der Waals surface area contributed by atoms with Gasteiger partial charge in [0.15, 0.2) is 0 Å². The number of nitrogens with two attached hydrogens (primary N) is 1. The molecule has 3 N–H and O–H groups in total. The third-order valence-corrected chi connectivity index (χ3v) is 3.52. The summed E-state index contributed by atoms with van der Waals surface area (Å²) >= 11 is 0. The number of anilines is 2. The summed E-state index contributed by atoms with van der Waals surface area (Å²) in [6.07, 6.45) is 3.06. The van der Waals surface area contributed by atoms with E-state index in [1.807, 2.05) is 24.3 Å². The Morgan fingerprint density at radius 1 is 1.39 bits per heavy atom. The average Bonchev–Trinajstić information content (AvgIpc) is 2.79. The minimum absolute atomic E-state index is 0.237. The number of aromatic nitrogens is 1. The third-order valence-electron chi connectivity index (χ3n) is 3.52. The van der Waals surface area contributed by atoms with Crippen LogP contribution in [-0.2, 0) is 4.74 Å². The van der Waals surface area contributed by atoms with Crippen molar-refractivity contribution in [3.05, 3.63) is 30.5 Å². The maximum Gasteiger partial charge on any atom is 0.0953 e. The summed E-state index contributed by atoms with van der Waals surface area (Å²) in [5.74, 6) is 0. The largest absolute Gasteiger partial charge is 0.398 e. The molecular formula is C14H17N3O. The molecule has 2 atom stereocenters. The molecule has 94 valence electrons. The molecule has 4 heteroatoms. The predicted octanol–water partition coefficient (Wildman–Crippen LogP) is 2.41. The molecule has 0 saturated carbocycles. The Bertz CT molecular complexity index is 570. The van der Waals surface area contributed by atoms with Crippen molar-refractivity contribution >= 4 is 22.3 Å². The quantitative estimate of drug-likeness (QED) is 0.795. The highest BCUT2D eigenvalue weighted by atomic mass is 16.5. The second kappa shape index (κ2) is 4.46. The molecule has 1 fully saturated rings. The summed E-state index contributed by atoms with van der Waals surface area (Å²) < 4.78 is 5.57. The van der Waals surface area contributed by atoms with Crippen molar-refractivity contribution < 1.29 is 4.74 Å². The number of hydrogen-bond donors (Lipinski definition) is 2. The number of fused-ring (bicyclic) bond motifs is 1. The van der Waals surface area contributed by atoms with Gasteiger partial charge in [0.1, 0.15) is 0 Å². The zero-order valence-electron chi connectivity index (χ0n) is 10.4. The van der Waals surface area contributed by atoms with Crippen molar-refractivity contribution in [2.45, 2.75) is 25.5 Å². The van der Waals surface area contributed by atoms with Crippen LogP contribution in [0.15, 0.2) is 30.5 Å². The Labute approximate surface area is 106 Å². The van der Waals surface area contributed by atoms with Gasteiger partial charge in [-0.3, -0.25) is 4.98 Å². The van der Waals surface area contributed by atoms with Gasteiger partial charge in [-0.1, -0.05) is 0 Å². The van der Waals surface area contributed by atoms with Crippen molar-refractivity contribution in [3.63, 3.8) is 0 Å². The van der Waals surface area contributed by atoms with Gasteiger partial charge in [-0.05, 0) is 37.6 Å². The van der Waals surface area contributed by atoms with Gasteiger partial charge in [0.25, 0.3) is 0 Å². The van der Waals surface area contributed by atoms with E-state index in [1.54, 1.807) is 6.20 Å². The van der Waals surface area contributed by atoms with E-state index in [-0.39, 0.29) is 6.10 Å². The van der Waals surface area contributed by atoms with Crippen molar-refractivity contribution in [2.24, 2.45) is 0 Å². The lowest BCUT2D eigenvalue weighted by Gasteiger charge is -2.18. The molecule has 18 heavy (non-hydrogen) atoms. The standard InChI is InChI=1S/C14H17N3O/c1-9-12(6-8-18-9)17-13-5-4-11(15)10-3-2-7-16-14(10)13/h2-5,7,9,12,17H,6,8,15H2,1H3. The van der Waals surface area contributed by atoms with Gasteiger partial charge in [-0.15, -0.1) is 0 Å². The summed E-state index contributed by atoms with van der Waals surface area (Å²) in [4.78, 5) is 4.43. The molecule has 0 amide bonds. The van der Waals surface area contributed by atoms with Crippen LogP contribution in [-0.4, -0.2) is 23.7 Å². The van der Waals surface area contributed by atoms with Gasteiger partial charge < -0.3 is 15.8 Å². The van der Waals surface area contributed by atoms with Gasteiger partial charge in [0.05, 0.1) is 23.3 Å². The van der Waals surface area contributed by atoms with E-state index in [9.17, 15) is 0 Å². The molecule has 1 aromatic heterocycles. The molecule has 1 aliphatic heterocycles. The van der Waals surface area contributed by atoms with E-state index in [4.69, 9.17) is 10.5 Å². The molecule has 2 aromatic rings. The second-order valence-electron chi connectivity index (χ2n) is 4.72. The smallest absolute Gasteiger partial charge is 0.0953 e. The van der Waals surface area contributed by atoms with Crippen LogP contribution in [0.5, 0.6) is 0 Å². The Hall–Kier alpha value is -1.81. The summed E-state index contributed by atoms with van der Waals surface area (Å²) in [5, 5.41) is 4.51. The zero-order valence-corrected chi connectivity index (χ0v) is 10.4. The summed E-state index contributed by atoms with van der Waals surface area (Å²) in [5.41, 5.74) is 8.69. The fourth-order valence-corrected chi connectivity index (χ4v) is 2.43. The molecule has 1 aromatic carbocycles. The van der Waals surface area contributed by atoms with Gasteiger partial charge in [0.2, 0.25) is 0 Å². The number of ether oxygens (including phenoxy) is 1. The number of benzene rings is 1. The fraction of sp³-hybridized carbons (Fsp3) is 0.357. The molecule has 0 radical (unpaired) electrons. The topological polar surface area (TPSA) is 60.2 Å². The molecule has 2 heterocycles. The summed E-state index contributed by atoms with van der Waals surface area (Å²) in [6.45, 7) is 2.91. The van der Waals surface area contributed by atoms with E-state index >= 15 is 0 Å². The van der Waals surface area contributed by atoms with Crippen LogP contribution in [0.4, 0.5) is 11.4 Å². The Morgan fingerprint density at radius 3 is 3.06 bits per heavy atom. The molecule has 3 rings (SSSR count). The highest BCUT2D eigenvalue weighted by Crippen LogP contribution is 2.28.